The molecule has 0 fully saturated rings. The topological polar surface area (TPSA) is 37.4 Å². The number of hydrogen-bond donors (Lipinski definition) is 0. The summed E-state index contributed by atoms with van der Waals surface area (Å²) in [6.45, 7) is 4.04. The third kappa shape index (κ3) is 2.80. The Morgan fingerprint density at radius 1 is 1.12 bits per heavy atom. The van der Waals surface area contributed by atoms with E-state index in [4.69, 9.17) is 0 Å². The average Bonchev–Trinajstić information content (AvgIpc) is 3.08. The number of benzene rings is 1. The molecule has 0 N–H and O–H groups in total. The van der Waals surface area contributed by atoms with Crippen molar-refractivity contribution in [1.82, 2.24) is 0 Å². The third-order valence-corrected chi connectivity index (χ3v) is 6.11. The minimum absolute atomic E-state index is 0.0727. The van der Waals surface area contributed by atoms with Gasteiger partial charge < -0.3 is 0 Å². The molecule has 1 aromatic heterocycles. The number of nitrogens with zero attached hydrogens (tertiary/aromatic N) is 1. The highest BCUT2D eigenvalue weighted by molar-refractivity contribution is 7.10. The van der Waals surface area contributed by atoms with E-state index in [-0.39, 0.29) is 35.1 Å². The molecule has 2 aliphatic rings. The van der Waals surface area contributed by atoms with Crippen LogP contribution in [0.15, 0.2) is 53.0 Å². The fourth-order valence-corrected chi connectivity index (χ4v) is 4.90. The predicted molar refractivity (Wildman–Crippen MR) is 101 cm³/mol. The summed E-state index contributed by atoms with van der Waals surface area (Å²) >= 11 is 1.56. The molecule has 0 radical (unpaired) electrons. The van der Waals surface area contributed by atoms with Gasteiger partial charge in [-0.05, 0) is 35.4 Å². The number of allylic oxidation sites excluding steroid dienone is 2. The van der Waals surface area contributed by atoms with E-state index in [1.807, 2.05) is 31.4 Å². The summed E-state index contributed by atoms with van der Waals surface area (Å²) in [7, 11) is 0. The Morgan fingerprint density at radius 3 is 2.58 bits per heavy atom. The van der Waals surface area contributed by atoms with E-state index in [0.29, 0.717) is 24.1 Å². The Labute approximate surface area is 156 Å². The van der Waals surface area contributed by atoms with E-state index in [1.165, 1.54) is 11.0 Å². The van der Waals surface area contributed by atoms with Gasteiger partial charge in [0.15, 0.2) is 5.78 Å². The van der Waals surface area contributed by atoms with Gasteiger partial charge in [-0.2, -0.15) is 0 Å². The van der Waals surface area contributed by atoms with Crippen molar-refractivity contribution < 1.29 is 14.0 Å². The van der Waals surface area contributed by atoms with Crippen LogP contribution in [0, 0.1) is 11.2 Å². The van der Waals surface area contributed by atoms with Crippen LogP contribution in [-0.2, 0) is 9.59 Å². The van der Waals surface area contributed by atoms with Crippen molar-refractivity contribution in [2.24, 2.45) is 5.41 Å². The molecule has 2 heterocycles. The Hall–Kier alpha value is -2.27. The number of carbonyl (C=O) groups excluding carboxylic acids is 2. The number of rotatable bonds is 2. The van der Waals surface area contributed by atoms with Crippen LogP contribution in [0.25, 0.3) is 0 Å². The van der Waals surface area contributed by atoms with Gasteiger partial charge in [0.25, 0.3) is 0 Å². The SMILES string of the molecule is CC1(C)CC(=O)C2=C(C1)N(c1ccccc1F)C(=O)CC2c1cccs1. The molecule has 1 aromatic carbocycles. The van der Waals surface area contributed by atoms with Crippen molar-refractivity contribution >= 4 is 28.7 Å². The molecule has 26 heavy (non-hydrogen) atoms. The molecular formula is C21H20FNO2S. The van der Waals surface area contributed by atoms with Crippen LogP contribution in [0.4, 0.5) is 10.1 Å². The van der Waals surface area contributed by atoms with Gasteiger partial charge in [-0.1, -0.05) is 32.0 Å². The maximum absolute atomic E-state index is 14.5. The number of para-hydroxylation sites is 1. The maximum atomic E-state index is 14.5. The van der Waals surface area contributed by atoms with Crippen LogP contribution >= 0.6 is 11.3 Å². The molecule has 0 spiro atoms. The monoisotopic (exact) mass is 369 g/mol. The Kier molecular flexibility index (Phi) is 4.07. The molecule has 0 bridgehead atoms. The average molecular weight is 369 g/mol. The van der Waals surface area contributed by atoms with Gasteiger partial charge in [-0.25, -0.2) is 4.39 Å². The first kappa shape index (κ1) is 17.2. The van der Waals surface area contributed by atoms with Crippen molar-refractivity contribution in [3.8, 4) is 0 Å². The summed E-state index contributed by atoms with van der Waals surface area (Å²) in [4.78, 5) is 28.5. The molecular weight excluding hydrogens is 349 g/mol. The predicted octanol–water partition coefficient (Wildman–Crippen LogP) is 5.05. The van der Waals surface area contributed by atoms with Gasteiger partial charge in [0.1, 0.15) is 5.82 Å². The van der Waals surface area contributed by atoms with Crippen LogP contribution < -0.4 is 4.90 Å². The highest BCUT2D eigenvalue weighted by Crippen LogP contribution is 2.49. The van der Waals surface area contributed by atoms with Crippen LogP contribution in [0.5, 0.6) is 0 Å². The number of amides is 1. The van der Waals surface area contributed by atoms with Gasteiger partial charge in [0.05, 0.1) is 5.69 Å². The normalized spacial score (nSPS) is 22.6. The summed E-state index contributed by atoms with van der Waals surface area (Å²) in [6, 6.07) is 10.2. The zero-order valence-electron chi connectivity index (χ0n) is 14.8. The first-order valence-corrected chi connectivity index (χ1v) is 9.62. The van der Waals surface area contributed by atoms with Crippen LogP contribution in [0.3, 0.4) is 0 Å². The lowest BCUT2D eigenvalue weighted by Gasteiger charge is -2.42. The summed E-state index contributed by atoms with van der Waals surface area (Å²) in [5.41, 5.74) is 1.34. The minimum Gasteiger partial charge on any atom is -0.294 e. The fraction of sp³-hybridized carbons (Fsp3) is 0.333. The van der Waals surface area contributed by atoms with Crippen molar-refractivity contribution in [1.29, 1.82) is 0 Å². The van der Waals surface area contributed by atoms with Gasteiger partial charge in [0, 0.05) is 34.9 Å². The van der Waals surface area contributed by atoms with Crippen LogP contribution in [0.2, 0.25) is 0 Å². The lowest BCUT2D eigenvalue weighted by molar-refractivity contribution is -0.121. The van der Waals surface area contributed by atoms with Crippen molar-refractivity contribution in [3.63, 3.8) is 0 Å². The second-order valence-corrected chi connectivity index (χ2v) is 8.73. The minimum atomic E-state index is -0.446. The lowest BCUT2D eigenvalue weighted by atomic mass is 9.70. The Morgan fingerprint density at radius 2 is 1.88 bits per heavy atom. The zero-order valence-corrected chi connectivity index (χ0v) is 15.6. The quantitative estimate of drug-likeness (QED) is 0.743. The van der Waals surface area contributed by atoms with Crippen LogP contribution in [-0.4, -0.2) is 11.7 Å². The Balaban J connectivity index is 1.92. The first-order valence-electron chi connectivity index (χ1n) is 8.74. The highest BCUT2D eigenvalue weighted by Gasteiger charge is 2.45. The molecule has 1 unspecified atom stereocenters. The summed E-state index contributed by atoms with van der Waals surface area (Å²) < 4.78 is 14.5. The molecule has 1 amide bonds. The highest BCUT2D eigenvalue weighted by atomic mass is 32.1. The summed E-state index contributed by atoms with van der Waals surface area (Å²) in [5.74, 6) is -0.747. The Bertz CT molecular complexity index is 914. The van der Waals surface area contributed by atoms with Gasteiger partial charge in [-0.3, -0.25) is 14.5 Å². The van der Waals surface area contributed by atoms with Crippen molar-refractivity contribution in [2.75, 3.05) is 4.90 Å². The lowest BCUT2D eigenvalue weighted by Crippen LogP contribution is -2.43. The second-order valence-electron chi connectivity index (χ2n) is 7.75. The summed E-state index contributed by atoms with van der Waals surface area (Å²) in [5, 5.41) is 1.96. The largest absolute Gasteiger partial charge is 0.294 e. The molecule has 1 aliphatic heterocycles. The molecule has 3 nitrogen and oxygen atoms in total. The molecule has 4 rings (SSSR count). The molecule has 5 heteroatoms. The van der Waals surface area contributed by atoms with Gasteiger partial charge >= 0.3 is 0 Å². The number of thiophene rings is 1. The van der Waals surface area contributed by atoms with E-state index in [9.17, 15) is 14.0 Å². The van der Waals surface area contributed by atoms with E-state index >= 15 is 0 Å². The first-order chi connectivity index (χ1) is 12.4. The van der Waals surface area contributed by atoms with Crippen molar-refractivity contribution in [2.45, 2.75) is 39.0 Å². The number of Topliss-reactive ketones (excluding diaryl/α,β-unsaturated/α-hetero) is 1. The van der Waals surface area contributed by atoms with E-state index < -0.39 is 5.82 Å². The molecule has 0 saturated heterocycles. The summed E-state index contributed by atoms with van der Waals surface area (Å²) in [6.07, 6.45) is 1.23. The molecule has 2 aromatic rings. The van der Waals surface area contributed by atoms with Gasteiger partial charge in [-0.15, -0.1) is 11.3 Å². The smallest absolute Gasteiger partial charge is 0.232 e. The van der Waals surface area contributed by atoms with Gasteiger partial charge in [0.2, 0.25) is 5.91 Å². The number of anilines is 1. The fourth-order valence-electron chi connectivity index (χ4n) is 4.06. The third-order valence-electron chi connectivity index (χ3n) is 5.12. The van der Waals surface area contributed by atoms with E-state index in [0.717, 1.165) is 4.88 Å². The number of halogens is 1. The molecule has 1 aliphatic carbocycles. The molecule has 134 valence electrons. The van der Waals surface area contributed by atoms with Crippen LogP contribution in [0.1, 0.15) is 43.9 Å². The van der Waals surface area contributed by atoms with Crippen molar-refractivity contribution in [3.05, 3.63) is 63.7 Å². The molecule has 0 saturated carbocycles. The number of ketones is 1. The number of carbonyl (C=O) groups is 2. The second kappa shape index (κ2) is 6.16. The van der Waals surface area contributed by atoms with E-state index in [1.54, 1.807) is 29.5 Å². The van der Waals surface area contributed by atoms with E-state index in [2.05, 4.69) is 0 Å². The zero-order chi connectivity index (χ0) is 18.5. The maximum Gasteiger partial charge on any atom is 0.232 e. The molecule has 1 atom stereocenters. The standard InChI is InChI=1S/C21H20FNO2S/c1-21(2)11-16-20(17(24)12-21)13(18-8-5-9-26-18)10-19(25)23(16)15-7-4-3-6-14(15)22/h3-9,13H,10-12H2,1-2H3. The number of hydrogen-bond acceptors (Lipinski definition) is 3.